The zero-order valence-electron chi connectivity index (χ0n) is 27.1. The monoisotopic (exact) mass is 635 g/mol. The molecule has 0 bridgehead atoms. The van der Waals surface area contributed by atoms with Crippen LogP contribution in [0.4, 0.5) is 0 Å². The van der Waals surface area contributed by atoms with Crippen molar-refractivity contribution in [2.24, 2.45) is 0 Å². The molecule has 0 fully saturated rings. The Morgan fingerprint density at radius 1 is 0.320 bits per heavy atom. The van der Waals surface area contributed by atoms with Gasteiger partial charge in [-0.3, -0.25) is 4.98 Å². The van der Waals surface area contributed by atoms with E-state index in [1.54, 1.807) is 0 Å². The van der Waals surface area contributed by atoms with Crippen LogP contribution in [0.3, 0.4) is 0 Å². The first-order valence-corrected chi connectivity index (χ1v) is 16.9. The van der Waals surface area contributed by atoms with Gasteiger partial charge in [0.1, 0.15) is 0 Å². The fourth-order valence-corrected chi connectivity index (χ4v) is 7.59. The third-order valence-electron chi connectivity index (χ3n) is 9.94. The summed E-state index contributed by atoms with van der Waals surface area (Å²) in [6.07, 6.45) is 3.87. The van der Waals surface area contributed by atoms with Crippen molar-refractivity contribution in [3.05, 3.63) is 176 Å². The van der Waals surface area contributed by atoms with Crippen molar-refractivity contribution in [2.45, 2.75) is 0 Å². The molecule has 0 amide bonds. The Morgan fingerprint density at radius 3 is 1.52 bits per heavy atom. The van der Waals surface area contributed by atoms with E-state index in [1.807, 2.05) is 18.5 Å². The molecule has 232 valence electrons. The summed E-state index contributed by atoms with van der Waals surface area (Å²) in [7, 11) is 0. The van der Waals surface area contributed by atoms with Gasteiger partial charge in [0.15, 0.2) is 5.82 Å². The van der Waals surface area contributed by atoms with Gasteiger partial charge in [-0.1, -0.05) is 152 Å². The van der Waals surface area contributed by atoms with Crippen LogP contribution in [0.5, 0.6) is 0 Å². The lowest BCUT2D eigenvalue weighted by atomic mass is 9.89. The van der Waals surface area contributed by atoms with E-state index in [0.717, 1.165) is 50.0 Å². The van der Waals surface area contributed by atoms with Crippen LogP contribution in [0.15, 0.2) is 176 Å². The highest BCUT2D eigenvalue weighted by atomic mass is 14.9. The van der Waals surface area contributed by atoms with E-state index in [9.17, 15) is 0 Å². The molecule has 3 heteroatoms. The first-order valence-electron chi connectivity index (χ1n) is 16.9. The van der Waals surface area contributed by atoms with Gasteiger partial charge in [-0.15, -0.1) is 0 Å². The van der Waals surface area contributed by atoms with Crippen LogP contribution in [-0.2, 0) is 0 Å². The summed E-state index contributed by atoms with van der Waals surface area (Å²) in [4.78, 5) is 15.1. The van der Waals surface area contributed by atoms with Gasteiger partial charge in [0, 0.05) is 40.0 Å². The Kier molecular flexibility index (Phi) is 6.49. The maximum atomic E-state index is 5.33. The highest BCUT2D eigenvalue weighted by Crippen LogP contribution is 2.42. The lowest BCUT2D eigenvalue weighted by Crippen LogP contribution is -1.97. The Morgan fingerprint density at radius 2 is 0.820 bits per heavy atom. The lowest BCUT2D eigenvalue weighted by Gasteiger charge is -2.16. The van der Waals surface area contributed by atoms with Gasteiger partial charge >= 0.3 is 0 Å². The van der Waals surface area contributed by atoms with Crippen molar-refractivity contribution in [1.82, 2.24) is 15.0 Å². The second-order valence-corrected chi connectivity index (χ2v) is 12.8. The van der Waals surface area contributed by atoms with E-state index in [4.69, 9.17) is 9.97 Å². The number of pyridine rings is 1. The van der Waals surface area contributed by atoms with E-state index < -0.39 is 0 Å². The molecule has 0 unspecified atom stereocenters. The predicted octanol–water partition coefficient (Wildman–Crippen LogP) is 12.3. The van der Waals surface area contributed by atoms with Crippen molar-refractivity contribution in [3.63, 3.8) is 0 Å². The summed E-state index contributed by atoms with van der Waals surface area (Å²) in [6, 6.07) is 58.1. The number of rotatable bonds is 4. The first-order chi connectivity index (χ1) is 24.8. The summed E-state index contributed by atoms with van der Waals surface area (Å²) in [5, 5.41) is 12.1. The highest BCUT2D eigenvalue weighted by Gasteiger charge is 2.18. The summed E-state index contributed by atoms with van der Waals surface area (Å²) in [5.74, 6) is 0.707. The van der Waals surface area contributed by atoms with E-state index >= 15 is 0 Å². The molecule has 2 aromatic heterocycles. The minimum atomic E-state index is 0.707. The summed E-state index contributed by atoms with van der Waals surface area (Å²) in [6.45, 7) is 0. The second kappa shape index (κ2) is 11.5. The molecule has 0 saturated heterocycles. The normalized spacial score (nSPS) is 11.6. The van der Waals surface area contributed by atoms with Crippen LogP contribution >= 0.6 is 0 Å². The molecule has 50 heavy (non-hydrogen) atoms. The molecular formula is C47H29N3. The van der Waals surface area contributed by atoms with Crippen molar-refractivity contribution in [1.29, 1.82) is 0 Å². The van der Waals surface area contributed by atoms with E-state index in [0.29, 0.717) is 5.82 Å². The number of hydrogen-bond acceptors (Lipinski definition) is 3. The van der Waals surface area contributed by atoms with Crippen molar-refractivity contribution in [3.8, 4) is 45.0 Å². The first kappa shape index (κ1) is 28.3. The Labute approximate surface area is 289 Å². The fraction of sp³-hybridized carbons (Fsp3) is 0. The minimum Gasteiger partial charge on any atom is -0.263 e. The predicted molar refractivity (Wildman–Crippen MR) is 209 cm³/mol. The van der Waals surface area contributed by atoms with Crippen LogP contribution in [0.2, 0.25) is 0 Å². The van der Waals surface area contributed by atoms with Gasteiger partial charge in [0.05, 0.1) is 11.4 Å². The summed E-state index contributed by atoms with van der Waals surface area (Å²) in [5.41, 5.74) is 7.11. The Bertz CT molecular complexity index is 2910. The average molecular weight is 636 g/mol. The van der Waals surface area contributed by atoms with Crippen molar-refractivity contribution >= 4 is 53.9 Å². The van der Waals surface area contributed by atoms with Crippen LogP contribution in [0.1, 0.15) is 0 Å². The molecule has 0 atom stereocenters. The molecule has 0 saturated carbocycles. The number of aromatic nitrogens is 3. The molecular weight excluding hydrogens is 607 g/mol. The highest BCUT2D eigenvalue weighted by molar-refractivity contribution is 6.32. The molecule has 0 N–H and O–H groups in total. The average Bonchev–Trinajstić information content (AvgIpc) is 3.20. The quantitative estimate of drug-likeness (QED) is 0.181. The molecule has 10 aromatic rings. The smallest absolute Gasteiger partial charge is 0.161 e. The van der Waals surface area contributed by atoms with Gasteiger partial charge in [-0.25, -0.2) is 9.97 Å². The zero-order valence-corrected chi connectivity index (χ0v) is 27.1. The minimum absolute atomic E-state index is 0.707. The van der Waals surface area contributed by atoms with Crippen LogP contribution in [-0.4, -0.2) is 15.0 Å². The topological polar surface area (TPSA) is 38.7 Å². The summed E-state index contributed by atoms with van der Waals surface area (Å²) < 4.78 is 0. The SMILES string of the molecule is c1ccc(-c2cc(-c3ccc(-c4cncc5ccccc45)cc3)nc(-c3cc4c5ccccc5c5ccccc5c4c4ccccc34)n2)cc1. The largest absolute Gasteiger partial charge is 0.263 e. The number of fused-ring (bicyclic) bond motifs is 9. The number of benzene rings is 8. The van der Waals surface area contributed by atoms with Gasteiger partial charge in [0.2, 0.25) is 0 Å². The van der Waals surface area contributed by atoms with E-state index in [1.165, 1.54) is 43.1 Å². The van der Waals surface area contributed by atoms with Crippen molar-refractivity contribution < 1.29 is 0 Å². The third kappa shape index (κ3) is 4.56. The van der Waals surface area contributed by atoms with Crippen LogP contribution in [0.25, 0.3) is 98.9 Å². The van der Waals surface area contributed by atoms with Crippen molar-refractivity contribution in [2.75, 3.05) is 0 Å². The third-order valence-corrected chi connectivity index (χ3v) is 9.94. The number of hydrogen-bond donors (Lipinski definition) is 0. The van der Waals surface area contributed by atoms with Gasteiger partial charge < -0.3 is 0 Å². The van der Waals surface area contributed by atoms with Gasteiger partial charge in [-0.05, 0) is 66.2 Å². The number of nitrogens with zero attached hydrogens (tertiary/aromatic N) is 3. The maximum Gasteiger partial charge on any atom is 0.161 e. The van der Waals surface area contributed by atoms with Gasteiger partial charge in [0.25, 0.3) is 0 Å². The standard InChI is InChI=1S/C47H29N3/c1-2-12-31(13-3-1)44-27-45(32-24-22-30(23-25-32)43-29-48-28-33-14-4-5-15-34(33)43)50-47(49-44)42-26-41-37-18-7-6-16-35(37)36-17-8-10-20-39(36)46(41)40-21-11-9-19-38(40)42/h1-29H. The fourth-order valence-electron chi connectivity index (χ4n) is 7.59. The molecule has 0 aliphatic rings. The Balaban J connectivity index is 1.22. The van der Waals surface area contributed by atoms with E-state index in [-0.39, 0.29) is 0 Å². The second-order valence-electron chi connectivity index (χ2n) is 12.8. The zero-order chi connectivity index (χ0) is 33.0. The van der Waals surface area contributed by atoms with Crippen LogP contribution in [0, 0.1) is 0 Å². The molecule has 2 heterocycles. The Hall–Kier alpha value is -6.71. The van der Waals surface area contributed by atoms with Crippen LogP contribution < -0.4 is 0 Å². The summed E-state index contributed by atoms with van der Waals surface area (Å²) >= 11 is 0. The molecule has 3 nitrogen and oxygen atoms in total. The molecule has 0 radical (unpaired) electrons. The van der Waals surface area contributed by atoms with Gasteiger partial charge in [-0.2, -0.15) is 0 Å². The molecule has 0 aliphatic heterocycles. The maximum absolute atomic E-state index is 5.33. The molecule has 0 aliphatic carbocycles. The van der Waals surface area contributed by atoms with E-state index in [2.05, 4.69) is 163 Å². The molecule has 10 rings (SSSR count). The molecule has 0 spiro atoms. The lowest BCUT2D eigenvalue weighted by molar-refractivity contribution is 1.19. The molecule has 8 aromatic carbocycles.